The Morgan fingerprint density at radius 2 is 0.763 bits per heavy atom. The maximum Gasteiger partial charge on any atom is 0.258 e. The van der Waals surface area contributed by atoms with Crippen LogP contribution in [0.5, 0.6) is 0 Å². The Kier molecular flexibility index (Phi) is 5.45. The SMILES string of the molecule is O=C1NC(c2cc(F)c(-c3ccccc3)cc2F)=C2C(=O)NC(c3cc(F)c(-c4ccccc4)cc3F)=C12. The summed E-state index contributed by atoms with van der Waals surface area (Å²) in [5.74, 6) is -4.95. The van der Waals surface area contributed by atoms with Gasteiger partial charge in [0.2, 0.25) is 0 Å². The van der Waals surface area contributed by atoms with Crippen molar-refractivity contribution < 1.29 is 27.2 Å². The van der Waals surface area contributed by atoms with Crippen molar-refractivity contribution in [2.24, 2.45) is 0 Å². The van der Waals surface area contributed by atoms with Gasteiger partial charge in [-0.3, -0.25) is 9.59 Å². The van der Waals surface area contributed by atoms with Gasteiger partial charge in [-0.25, -0.2) is 17.6 Å². The van der Waals surface area contributed by atoms with Crippen LogP contribution in [0.3, 0.4) is 0 Å². The number of carbonyl (C=O) groups is 2. The number of rotatable bonds is 4. The molecular formula is C30H16F4N2O2. The molecule has 0 unspecified atom stereocenters. The van der Waals surface area contributed by atoms with Crippen molar-refractivity contribution in [2.75, 3.05) is 0 Å². The molecule has 2 N–H and O–H groups in total. The van der Waals surface area contributed by atoms with Crippen molar-refractivity contribution in [1.82, 2.24) is 10.6 Å². The first-order valence-electron chi connectivity index (χ1n) is 11.5. The topological polar surface area (TPSA) is 58.2 Å². The van der Waals surface area contributed by atoms with Crippen LogP contribution in [0.2, 0.25) is 0 Å². The van der Waals surface area contributed by atoms with Crippen molar-refractivity contribution in [3.05, 3.63) is 130 Å². The van der Waals surface area contributed by atoms with E-state index in [4.69, 9.17) is 0 Å². The molecule has 186 valence electrons. The Bertz CT molecular complexity index is 1600. The van der Waals surface area contributed by atoms with E-state index in [1.807, 2.05) is 0 Å². The summed E-state index contributed by atoms with van der Waals surface area (Å²) in [4.78, 5) is 25.8. The summed E-state index contributed by atoms with van der Waals surface area (Å²) in [6, 6.07) is 20.4. The highest BCUT2D eigenvalue weighted by molar-refractivity contribution is 6.30. The quantitative estimate of drug-likeness (QED) is 0.332. The number of carbonyl (C=O) groups excluding carboxylic acids is 2. The van der Waals surface area contributed by atoms with Crippen LogP contribution in [0.1, 0.15) is 11.1 Å². The van der Waals surface area contributed by atoms with Crippen LogP contribution in [0.25, 0.3) is 33.6 Å². The van der Waals surface area contributed by atoms with Crippen molar-refractivity contribution in [3.63, 3.8) is 0 Å². The molecular weight excluding hydrogens is 496 g/mol. The first-order valence-corrected chi connectivity index (χ1v) is 11.5. The highest BCUT2D eigenvalue weighted by atomic mass is 19.1. The van der Waals surface area contributed by atoms with Crippen LogP contribution in [0.15, 0.2) is 96.1 Å². The maximum absolute atomic E-state index is 15.2. The Morgan fingerprint density at radius 3 is 1.13 bits per heavy atom. The van der Waals surface area contributed by atoms with Crippen LogP contribution in [-0.4, -0.2) is 11.8 Å². The maximum atomic E-state index is 15.2. The van der Waals surface area contributed by atoms with Gasteiger partial charge in [0.1, 0.15) is 23.3 Å². The van der Waals surface area contributed by atoms with E-state index < -0.39 is 35.1 Å². The Morgan fingerprint density at radius 1 is 0.447 bits per heavy atom. The number of benzene rings is 4. The van der Waals surface area contributed by atoms with Gasteiger partial charge in [0.15, 0.2) is 0 Å². The lowest BCUT2D eigenvalue weighted by atomic mass is 9.97. The number of hydrogen-bond acceptors (Lipinski definition) is 2. The summed E-state index contributed by atoms with van der Waals surface area (Å²) in [5.41, 5.74) is -0.847. The van der Waals surface area contributed by atoms with Crippen molar-refractivity contribution in [3.8, 4) is 22.3 Å². The van der Waals surface area contributed by atoms with Crippen LogP contribution >= 0.6 is 0 Å². The normalized spacial score (nSPS) is 14.6. The monoisotopic (exact) mass is 512 g/mol. The van der Waals surface area contributed by atoms with E-state index in [0.717, 1.165) is 24.3 Å². The molecule has 2 aliphatic heterocycles. The van der Waals surface area contributed by atoms with Crippen molar-refractivity contribution >= 4 is 23.2 Å². The molecule has 4 aromatic carbocycles. The van der Waals surface area contributed by atoms with Crippen LogP contribution in [0.4, 0.5) is 17.6 Å². The molecule has 0 aliphatic carbocycles. The highest BCUT2D eigenvalue weighted by Crippen LogP contribution is 2.40. The highest BCUT2D eigenvalue weighted by Gasteiger charge is 2.42. The van der Waals surface area contributed by atoms with E-state index in [1.165, 1.54) is 0 Å². The van der Waals surface area contributed by atoms with E-state index in [9.17, 15) is 9.59 Å². The fourth-order valence-electron chi connectivity index (χ4n) is 4.74. The summed E-state index contributed by atoms with van der Waals surface area (Å²) in [6.45, 7) is 0. The number of fused-ring (bicyclic) bond motifs is 1. The van der Waals surface area contributed by atoms with E-state index in [-0.39, 0.29) is 44.8 Å². The van der Waals surface area contributed by atoms with Gasteiger partial charge >= 0.3 is 0 Å². The Labute approximate surface area is 213 Å². The predicted molar refractivity (Wildman–Crippen MR) is 134 cm³/mol. The molecule has 38 heavy (non-hydrogen) atoms. The zero-order valence-corrected chi connectivity index (χ0v) is 19.4. The summed E-state index contributed by atoms with van der Waals surface area (Å²) in [5, 5.41) is 4.80. The largest absolute Gasteiger partial charge is 0.320 e. The minimum atomic E-state index is -0.875. The van der Waals surface area contributed by atoms with Crippen molar-refractivity contribution in [1.29, 1.82) is 0 Å². The molecule has 0 atom stereocenters. The molecule has 0 radical (unpaired) electrons. The first kappa shape index (κ1) is 23.4. The second kappa shape index (κ2) is 8.85. The van der Waals surface area contributed by atoms with Gasteiger partial charge in [0.25, 0.3) is 11.8 Å². The molecule has 0 aromatic heterocycles. The summed E-state index contributed by atoms with van der Waals surface area (Å²) in [7, 11) is 0. The summed E-state index contributed by atoms with van der Waals surface area (Å²) in [6.07, 6.45) is 0. The molecule has 2 amide bonds. The lowest BCUT2D eigenvalue weighted by molar-refractivity contribution is -0.117. The lowest BCUT2D eigenvalue weighted by Crippen LogP contribution is -2.22. The van der Waals surface area contributed by atoms with Gasteiger partial charge < -0.3 is 10.6 Å². The lowest BCUT2D eigenvalue weighted by Gasteiger charge is -2.12. The Hall–Kier alpha value is -4.98. The Balaban J connectivity index is 1.47. The zero-order valence-electron chi connectivity index (χ0n) is 19.4. The van der Waals surface area contributed by atoms with Gasteiger partial charge in [-0.1, -0.05) is 60.7 Å². The van der Waals surface area contributed by atoms with Crippen LogP contribution < -0.4 is 10.6 Å². The average Bonchev–Trinajstić information content (AvgIpc) is 3.45. The number of amides is 2. The molecule has 0 saturated heterocycles. The second-order valence-electron chi connectivity index (χ2n) is 8.76. The molecule has 0 bridgehead atoms. The molecule has 6 rings (SSSR count). The molecule has 0 spiro atoms. The zero-order chi connectivity index (χ0) is 26.6. The predicted octanol–water partition coefficient (Wildman–Crippen LogP) is 5.96. The average molecular weight is 512 g/mol. The number of nitrogens with one attached hydrogen (secondary N) is 2. The molecule has 4 nitrogen and oxygen atoms in total. The summed E-state index contributed by atoms with van der Waals surface area (Å²) >= 11 is 0. The van der Waals surface area contributed by atoms with Gasteiger partial charge in [-0.05, 0) is 35.4 Å². The van der Waals surface area contributed by atoms with Gasteiger partial charge in [0, 0.05) is 22.3 Å². The third-order valence-electron chi connectivity index (χ3n) is 6.50. The smallest absolute Gasteiger partial charge is 0.258 e. The molecule has 2 heterocycles. The number of hydrogen-bond donors (Lipinski definition) is 2. The minimum absolute atomic E-state index is 0.00477. The van der Waals surface area contributed by atoms with Gasteiger partial charge in [0.05, 0.1) is 22.5 Å². The standard InChI is InChI=1S/C30H16F4N2O2/c31-21-13-19(23(33)11-17(21)15-7-3-1-4-8-15)27-25-26(30(38)35-27)28(36-29(25)37)20-14-22(32)18(12-24(20)34)16-9-5-2-6-10-16/h1-14H,(H,35,38)(H,36,37). The fourth-order valence-corrected chi connectivity index (χ4v) is 4.74. The van der Waals surface area contributed by atoms with E-state index in [0.29, 0.717) is 11.1 Å². The van der Waals surface area contributed by atoms with Gasteiger partial charge in [-0.2, -0.15) is 0 Å². The fraction of sp³-hybridized carbons (Fsp3) is 0. The summed E-state index contributed by atoms with van der Waals surface area (Å²) < 4.78 is 60.5. The molecule has 8 heteroatoms. The van der Waals surface area contributed by atoms with E-state index >= 15 is 17.6 Å². The van der Waals surface area contributed by atoms with E-state index in [2.05, 4.69) is 10.6 Å². The molecule has 0 fully saturated rings. The molecule has 2 aliphatic rings. The third kappa shape index (κ3) is 3.69. The first-order chi connectivity index (χ1) is 18.3. The van der Waals surface area contributed by atoms with Crippen LogP contribution in [0, 0.1) is 23.3 Å². The molecule has 0 saturated carbocycles. The van der Waals surface area contributed by atoms with E-state index in [1.54, 1.807) is 60.7 Å². The van der Waals surface area contributed by atoms with Gasteiger partial charge in [-0.15, -0.1) is 0 Å². The van der Waals surface area contributed by atoms with Crippen LogP contribution in [-0.2, 0) is 9.59 Å². The van der Waals surface area contributed by atoms with Crippen molar-refractivity contribution in [2.45, 2.75) is 0 Å². The minimum Gasteiger partial charge on any atom is -0.320 e. The second-order valence-corrected chi connectivity index (χ2v) is 8.76. The number of halogens is 4. The molecule has 4 aromatic rings. The third-order valence-corrected chi connectivity index (χ3v) is 6.50.